The lowest BCUT2D eigenvalue weighted by molar-refractivity contribution is 0.0951. The molecule has 9 heteroatoms. The van der Waals surface area contributed by atoms with Crippen molar-refractivity contribution in [2.45, 2.75) is 19.8 Å². The molecule has 160 valence electrons. The van der Waals surface area contributed by atoms with E-state index in [-0.39, 0.29) is 5.91 Å². The molecular weight excluding hydrogens is 394 g/mol. The first-order valence-corrected chi connectivity index (χ1v) is 10.3. The molecule has 0 bridgehead atoms. The number of hydrogen-bond acceptors (Lipinski definition) is 7. The molecule has 0 atom stereocenters. The van der Waals surface area contributed by atoms with E-state index in [1.54, 1.807) is 30.2 Å². The first-order valence-electron chi connectivity index (χ1n) is 10.3. The van der Waals surface area contributed by atoms with Crippen LogP contribution in [0.15, 0.2) is 48.9 Å². The minimum Gasteiger partial charge on any atom is -0.496 e. The van der Waals surface area contributed by atoms with Crippen molar-refractivity contribution in [3.8, 4) is 5.75 Å². The first kappa shape index (κ1) is 20.5. The lowest BCUT2D eigenvalue weighted by atomic mass is 10.2. The van der Waals surface area contributed by atoms with Gasteiger partial charge in [-0.25, -0.2) is 9.97 Å². The Balaban J connectivity index is 0.000000151. The summed E-state index contributed by atoms with van der Waals surface area (Å²) in [5, 5.41) is 7.79. The molecule has 0 aliphatic carbocycles. The Bertz CT molecular complexity index is 1180. The quantitative estimate of drug-likeness (QED) is 0.543. The van der Waals surface area contributed by atoms with Gasteiger partial charge in [-0.1, -0.05) is 12.1 Å². The molecule has 1 aliphatic rings. The zero-order valence-corrected chi connectivity index (χ0v) is 17.7. The number of pyridine rings is 1. The zero-order chi connectivity index (χ0) is 21.6. The smallest absolute Gasteiger partial charge is 0.270 e. The van der Waals surface area contributed by atoms with Crippen LogP contribution in [0.2, 0.25) is 0 Å². The third kappa shape index (κ3) is 4.40. The van der Waals surface area contributed by atoms with Crippen molar-refractivity contribution >= 4 is 28.4 Å². The van der Waals surface area contributed by atoms with Crippen molar-refractivity contribution in [1.82, 2.24) is 29.9 Å². The van der Waals surface area contributed by atoms with Crippen molar-refractivity contribution in [1.29, 1.82) is 0 Å². The van der Waals surface area contributed by atoms with Gasteiger partial charge in [-0.05, 0) is 38.0 Å². The summed E-state index contributed by atoms with van der Waals surface area (Å²) in [5.74, 6) is 2.26. The van der Waals surface area contributed by atoms with E-state index in [9.17, 15) is 4.79 Å². The third-order valence-electron chi connectivity index (χ3n) is 5.06. The van der Waals surface area contributed by atoms with Crippen molar-refractivity contribution in [2.24, 2.45) is 0 Å². The van der Waals surface area contributed by atoms with E-state index in [0.29, 0.717) is 23.8 Å². The molecule has 3 aromatic heterocycles. The van der Waals surface area contributed by atoms with E-state index >= 15 is 0 Å². The molecule has 9 nitrogen and oxygen atoms in total. The predicted molar refractivity (Wildman–Crippen MR) is 119 cm³/mol. The van der Waals surface area contributed by atoms with Crippen LogP contribution in [0.4, 0.5) is 5.82 Å². The molecule has 0 radical (unpaired) electrons. The van der Waals surface area contributed by atoms with E-state index < -0.39 is 0 Å². The number of methoxy groups -OCH3 is 1. The summed E-state index contributed by atoms with van der Waals surface area (Å²) in [6.07, 6.45) is 5.86. The number of anilines is 1. The fourth-order valence-corrected chi connectivity index (χ4v) is 3.59. The molecule has 0 unspecified atom stereocenters. The third-order valence-corrected chi connectivity index (χ3v) is 5.06. The summed E-state index contributed by atoms with van der Waals surface area (Å²) in [6.45, 7) is 4.67. The van der Waals surface area contributed by atoms with Gasteiger partial charge in [0.25, 0.3) is 11.7 Å². The number of para-hydroxylation sites is 1. The number of hydrogen-bond donors (Lipinski definition) is 1. The van der Waals surface area contributed by atoms with Gasteiger partial charge < -0.3 is 15.0 Å². The van der Waals surface area contributed by atoms with Gasteiger partial charge in [0.2, 0.25) is 0 Å². The van der Waals surface area contributed by atoms with E-state index in [0.717, 1.165) is 29.8 Å². The van der Waals surface area contributed by atoms with Gasteiger partial charge in [0.1, 0.15) is 23.6 Å². The summed E-state index contributed by atoms with van der Waals surface area (Å²) in [7, 11) is 1.59. The highest BCUT2D eigenvalue weighted by atomic mass is 16.5. The molecular formula is C22H25N7O2. The molecule has 4 aromatic rings. The average Bonchev–Trinajstić information content (AvgIpc) is 3.51. The number of carbonyl (C=O) groups is 1. The second-order valence-corrected chi connectivity index (χ2v) is 7.06. The number of aromatic nitrogens is 5. The minimum atomic E-state index is -0.184. The van der Waals surface area contributed by atoms with Crippen LogP contribution in [0.25, 0.3) is 16.7 Å². The molecule has 1 N–H and O–H groups in total. The number of carbonyl (C=O) groups excluding carboxylic acids is 1. The van der Waals surface area contributed by atoms with Gasteiger partial charge >= 0.3 is 0 Å². The van der Waals surface area contributed by atoms with E-state index in [1.165, 1.54) is 12.8 Å². The van der Waals surface area contributed by atoms with Crippen LogP contribution < -0.4 is 15.0 Å². The summed E-state index contributed by atoms with van der Waals surface area (Å²) in [4.78, 5) is 26.6. The van der Waals surface area contributed by atoms with Crippen molar-refractivity contribution < 1.29 is 9.53 Å². The molecule has 31 heavy (non-hydrogen) atoms. The number of rotatable bonds is 4. The number of ether oxygens (including phenoxy) is 1. The Morgan fingerprint density at radius 2 is 1.97 bits per heavy atom. The molecule has 1 fully saturated rings. The second-order valence-electron chi connectivity index (χ2n) is 7.06. The van der Waals surface area contributed by atoms with Crippen LogP contribution in [0.1, 0.15) is 30.3 Å². The van der Waals surface area contributed by atoms with Gasteiger partial charge in [0.05, 0.1) is 12.6 Å². The molecule has 1 aliphatic heterocycles. The molecule has 1 aromatic carbocycles. The lowest BCUT2D eigenvalue weighted by Crippen LogP contribution is -2.23. The van der Waals surface area contributed by atoms with Gasteiger partial charge in [0.15, 0.2) is 0 Å². The molecule has 5 rings (SSSR count). The van der Waals surface area contributed by atoms with Gasteiger partial charge in [-0.3, -0.25) is 4.79 Å². The van der Waals surface area contributed by atoms with Gasteiger partial charge in [-0.15, -0.1) is 0 Å². The fourth-order valence-electron chi connectivity index (χ4n) is 3.59. The average molecular weight is 419 g/mol. The number of fused-ring (bicyclic) bond motifs is 2. The normalized spacial score (nSPS) is 13.2. The lowest BCUT2D eigenvalue weighted by Gasteiger charge is -2.17. The zero-order valence-electron chi connectivity index (χ0n) is 17.7. The monoisotopic (exact) mass is 419 g/mol. The Kier molecular flexibility index (Phi) is 6.21. The summed E-state index contributed by atoms with van der Waals surface area (Å²) in [6, 6.07) is 11.2. The van der Waals surface area contributed by atoms with Crippen LogP contribution in [-0.2, 0) is 0 Å². The predicted octanol–water partition coefficient (Wildman–Crippen LogP) is 2.72. The highest BCUT2D eigenvalue weighted by molar-refractivity contribution is 5.96. The Morgan fingerprint density at radius 3 is 2.74 bits per heavy atom. The Morgan fingerprint density at radius 1 is 1.16 bits per heavy atom. The number of amides is 1. The van der Waals surface area contributed by atoms with Crippen LogP contribution in [-0.4, -0.2) is 57.2 Å². The van der Waals surface area contributed by atoms with Crippen LogP contribution >= 0.6 is 0 Å². The van der Waals surface area contributed by atoms with Crippen LogP contribution in [0.5, 0.6) is 5.75 Å². The van der Waals surface area contributed by atoms with Gasteiger partial charge in [-0.2, -0.15) is 14.6 Å². The highest BCUT2D eigenvalue weighted by Crippen LogP contribution is 2.24. The summed E-state index contributed by atoms with van der Waals surface area (Å²) >= 11 is 0. The van der Waals surface area contributed by atoms with E-state index in [1.807, 2.05) is 37.3 Å². The first-order chi connectivity index (χ1) is 15.2. The SMILES string of the molecule is CCNC(=O)c1cc(OC)c2ccccc2n1.c1cc(N2CCCC2)n2ncnc2n1. The summed E-state index contributed by atoms with van der Waals surface area (Å²) in [5.41, 5.74) is 1.13. The maximum atomic E-state index is 11.7. The Hall–Kier alpha value is -3.75. The number of nitrogens with zero attached hydrogens (tertiary/aromatic N) is 6. The molecule has 0 spiro atoms. The van der Waals surface area contributed by atoms with Crippen LogP contribution in [0.3, 0.4) is 0 Å². The molecule has 4 heterocycles. The fraction of sp³-hybridized carbons (Fsp3) is 0.318. The number of nitrogens with one attached hydrogen (secondary N) is 1. The van der Waals surface area contributed by atoms with E-state index in [2.05, 4.69) is 30.3 Å². The van der Waals surface area contributed by atoms with Crippen LogP contribution in [0, 0.1) is 0 Å². The summed E-state index contributed by atoms with van der Waals surface area (Å²) < 4.78 is 7.07. The van der Waals surface area contributed by atoms with Crippen molar-refractivity contribution in [3.05, 3.63) is 54.6 Å². The van der Waals surface area contributed by atoms with E-state index in [4.69, 9.17) is 4.74 Å². The standard InChI is InChI=1S/C13H14N2O2.C9H11N5/c1-3-14-13(16)11-8-12(17-2)9-6-4-5-7-10(9)15-11;1-2-6-13(5-1)8-3-4-10-9-11-7-12-14(8)9/h4-8H,3H2,1-2H3,(H,14,16);3-4,7H,1-2,5-6H2. The molecule has 0 saturated carbocycles. The maximum absolute atomic E-state index is 11.7. The Labute approximate surface area is 180 Å². The highest BCUT2D eigenvalue weighted by Gasteiger charge is 2.15. The van der Waals surface area contributed by atoms with Gasteiger partial charge in [0, 0.05) is 37.3 Å². The minimum absolute atomic E-state index is 0.184. The van der Waals surface area contributed by atoms with Crippen molar-refractivity contribution in [2.75, 3.05) is 31.6 Å². The number of benzene rings is 1. The molecule has 1 amide bonds. The topological polar surface area (TPSA) is 97.5 Å². The maximum Gasteiger partial charge on any atom is 0.270 e. The molecule has 1 saturated heterocycles. The van der Waals surface area contributed by atoms with Crippen molar-refractivity contribution in [3.63, 3.8) is 0 Å². The largest absolute Gasteiger partial charge is 0.496 e. The second kappa shape index (κ2) is 9.38.